The lowest BCUT2D eigenvalue weighted by molar-refractivity contribution is -0.137. The molecule has 0 aromatic heterocycles. The lowest BCUT2D eigenvalue weighted by Gasteiger charge is -2.32. The molecule has 3 rings (SSSR count). The monoisotopic (exact) mass is 502 g/mol. The van der Waals surface area contributed by atoms with Crippen LogP contribution in [0.2, 0.25) is 0 Å². The van der Waals surface area contributed by atoms with Crippen LogP contribution in [0.4, 0.5) is 0 Å². The van der Waals surface area contributed by atoms with Crippen molar-refractivity contribution in [3.8, 4) is 0 Å². The van der Waals surface area contributed by atoms with Crippen LogP contribution in [0.3, 0.4) is 0 Å². The van der Waals surface area contributed by atoms with Gasteiger partial charge in [0.2, 0.25) is 11.8 Å². The zero-order valence-electron chi connectivity index (χ0n) is 23.0. The molecule has 0 unspecified atom stereocenters. The number of fused-ring (bicyclic) bond motifs is 1. The van der Waals surface area contributed by atoms with Gasteiger partial charge in [-0.15, -0.1) is 0 Å². The van der Waals surface area contributed by atoms with Crippen LogP contribution in [-0.4, -0.2) is 41.0 Å². The van der Waals surface area contributed by atoms with Crippen LogP contribution in [0.25, 0.3) is 0 Å². The normalized spacial score (nSPS) is 19.4. The molecule has 198 valence electrons. The van der Waals surface area contributed by atoms with E-state index in [0.717, 1.165) is 23.1 Å². The number of benzene rings is 1. The molecule has 0 radical (unpaired) electrons. The van der Waals surface area contributed by atoms with E-state index >= 15 is 0 Å². The van der Waals surface area contributed by atoms with E-state index in [2.05, 4.69) is 51.2 Å². The summed E-state index contributed by atoms with van der Waals surface area (Å²) >= 11 is 0. The lowest BCUT2D eigenvalue weighted by Crippen LogP contribution is -2.51. The third kappa shape index (κ3) is 7.90. The van der Waals surface area contributed by atoms with E-state index in [0.29, 0.717) is 13.1 Å². The van der Waals surface area contributed by atoms with E-state index in [-0.39, 0.29) is 11.3 Å². The Balaban J connectivity index is 1.55. The predicted molar refractivity (Wildman–Crippen MR) is 151 cm³/mol. The van der Waals surface area contributed by atoms with Gasteiger partial charge in [-0.05, 0) is 74.1 Å². The van der Waals surface area contributed by atoms with Crippen molar-refractivity contribution >= 4 is 11.8 Å². The van der Waals surface area contributed by atoms with Crippen molar-refractivity contribution in [2.24, 2.45) is 5.41 Å². The van der Waals surface area contributed by atoms with Crippen LogP contribution < -0.4 is 5.32 Å². The maximum Gasteiger partial charge on any atom is 0.247 e. The van der Waals surface area contributed by atoms with Gasteiger partial charge < -0.3 is 15.3 Å². The summed E-state index contributed by atoms with van der Waals surface area (Å²) in [7, 11) is 0. The second kappa shape index (κ2) is 12.9. The molecule has 5 nitrogen and oxygen atoms in total. The average Bonchev–Trinajstić information content (AvgIpc) is 2.85. The number of carbonyl (C=O) groups is 2. The van der Waals surface area contributed by atoms with Crippen molar-refractivity contribution in [2.75, 3.05) is 13.2 Å². The van der Waals surface area contributed by atoms with Crippen molar-refractivity contribution < 1.29 is 14.7 Å². The van der Waals surface area contributed by atoms with Gasteiger partial charge in [-0.2, -0.15) is 0 Å². The summed E-state index contributed by atoms with van der Waals surface area (Å²) in [5, 5.41) is 12.5. The summed E-state index contributed by atoms with van der Waals surface area (Å²) < 4.78 is 0. The molecule has 1 aliphatic heterocycles. The zero-order chi connectivity index (χ0) is 27.0. The number of carbonyl (C=O) groups excluding carboxylic acids is 2. The first-order valence-corrected chi connectivity index (χ1v) is 13.3. The first-order chi connectivity index (χ1) is 17.6. The quantitative estimate of drug-likeness (QED) is 0.360. The number of nitrogens with one attached hydrogen (secondary N) is 1. The summed E-state index contributed by atoms with van der Waals surface area (Å²) in [6.45, 7) is 11.4. The van der Waals surface area contributed by atoms with Gasteiger partial charge in [0, 0.05) is 19.2 Å². The Hall–Kier alpha value is -3.18. The van der Waals surface area contributed by atoms with Crippen molar-refractivity contribution in [3.63, 3.8) is 0 Å². The Labute approximate surface area is 222 Å². The van der Waals surface area contributed by atoms with Gasteiger partial charge in [-0.25, -0.2) is 0 Å². The maximum atomic E-state index is 12.9. The van der Waals surface area contributed by atoms with E-state index in [4.69, 9.17) is 0 Å². The van der Waals surface area contributed by atoms with E-state index < -0.39 is 18.6 Å². The van der Waals surface area contributed by atoms with Gasteiger partial charge in [-0.3, -0.25) is 9.59 Å². The molecule has 0 spiro atoms. The third-order valence-corrected chi connectivity index (χ3v) is 7.37. The average molecular weight is 503 g/mol. The number of nitrogens with zero attached hydrogens (tertiary/aromatic N) is 1. The fraction of sp³-hybridized carbons (Fsp3) is 0.438. The van der Waals surface area contributed by atoms with Gasteiger partial charge in [0.25, 0.3) is 0 Å². The highest BCUT2D eigenvalue weighted by Gasteiger charge is 2.28. The summed E-state index contributed by atoms with van der Waals surface area (Å²) in [5.74, 6) is -0.654. The highest BCUT2D eigenvalue weighted by molar-refractivity contribution is 5.93. The summed E-state index contributed by atoms with van der Waals surface area (Å²) in [6.07, 6.45) is 16.1. The van der Waals surface area contributed by atoms with Crippen LogP contribution >= 0.6 is 0 Å². The number of rotatable bonds is 8. The minimum absolute atomic E-state index is 0.216. The standard InChI is InChI=1S/C32H42N2O3/c1-23(15-16-28-25(3)12-9-18-32(28,4)5)10-8-11-24(2)20-30(36)33-29(22-35)31(37)34-19-17-26-13-6-7-14-27(26)21-34/h6-8,10-11,13-16,20,29,35H,9,12,17-19,21-22H2,1-5H3,(H,33,36)/t29-/m0/s1. The fourth-order valence-corrected chi connectivity index (χ4v) is 5.19. The molecule has 1 heterocycles. The van der Waals surface area contributed by atoms with Gasteiger partial charge in [0.1, 0.15) is 6.04 Å². The molecule has 1 aromatic carbocycles. The molecular weight excluding hydrogens is 460 g/mol. The molecule has 1 aromatic rings. The molecule has 5 heteroatoms. The van der Waals surface area contributed by atoms with Crippen molar-refractivity contribution in [1.29, 1.82) is 0 Å². The topological polar surface area (TPSA) is 69.6 Å². The van der Waals surface area contributed by atoms with Crippen LogP contribution in [0.5, 0.6) is 0 Å². The van der Waals surface area contributed by atoms with Crippen LogP contribution in [0, 0.1) is 5.41 Å². The van der Waals surface area contributed by atoms with E-state index in [1.165, 1.54) is 42.0 Å². The Bertz CT molecular complexity index is 1150. The zero-order valence-corrected chi connectivity index (χ0v) is 23.0. The van der Waals surface area contributed by atoms with Crippen LogP contribution in [-0.2, 0) is 22.6 Å². The number of aliphatic hydroxyl groups excluding tert-OH is 1. The van der Waals surface area contributed by atoms with E-state index in [1.807, 2.05) is 43.4 Å². The molecule has 2 aliphatic rings. The van der Waals surface area contributed by atoms with Crippen molar-refractivity contribution in [2.45, 2.75) is 72.9 Å². The minimum atomic E-state index is -0.958. The molecule has 1 aliphatic carbocycles. The number of amides is 2. The summed E-state index contributed by atoms with van der Waals surface area (Å²) in [4.78, 5) is 27.2. The smallest absolute Gasteiger partial charge is 0.247 e. The van der Waals surface area contributed by atoms with Crippen molar-refractivity contribution in [3.05, 3.63) is 94.1 Å². The summed E-state index contributed by atoms with van der Waals surface area (Å²) in [5.41, 5.74) is 7.37. The van der Waals surface area contributed by atoms with Gasteiger partial charge in [-0.1, -0.05) is 79.6 Å². The second-order valence-electron chi connectivity index (χ2n) is 10.9. The molecule has 1 atom stereocenters. The van der Waals surface area contributed by atoms with Gasteiger partial charge >= 0.3 is 0 Å². The second-order valence-corrected chi connectivity index (χ2v) is 10.9. The Kier molecular flexibility index (Phi) is 9.87. The molecule has 0 saturated heterocycles. The molecule has 0 saturated carbocycles. The molecular formula is C32H42N2O3. The largest absolute Gasteiger partial charge is 0.394 e. The summed E-state index contributed by atoms with van der Waals surface area (Å²) in [6, 6.07) is 7.09. The Morgan fingerprint density at radius 2 is 1.84 bits per heavy atom. The highest BCUT2D eigenvalue weighted by Crippen LogP contribution is 2.40. The predicted octanol–water partition coefficient (Wildman–Crippen LogP) is 5.58. The first-order valence-electron chi connectivity index (χ1n) is 13.3. The number of allylic oxidation sites excluding steroid dienone is 9. The molecule has 2 N–H and O–H groups in total. The molecule has 2 amide bonds. The molecule has 0 bridgehead atoms. The maximum absolute atomic E-state index is 12.9. The third-order valence-electron chi connectivity index (χ3n) is 7.37. The Morgan fingerprint density at radius 3 is 2.54 bits per heavy atom. The lowest BCUT2D eigenvalue weighted by atomic mass is 9.72. The van der Waals surface area contributed by atoms with Gasteiger partial charge in [0.05, 0.1) is 6.61 Å². The molecule has 37 heavy (non-hydrogen) atoms. The van der Waals surface area contributed by atoms with Crippen molar-refractivity contribution in [1.82, 2.24) is 10.2 Å². The van der Waals surface area contributed by atoms with E-state index in [9.17, 15) is 14.7 Å². The first kappa shape index (κ1) is 28.4. The molecule has 0 fully saturated rings. The van der Waals surface area contributed by atoms with E-state index in [1.54, 1.807) is 4.90 Å². The highest BCUT2D eigenvalue weighted by atomic mass is 16.3. The SMILES string of the molecule is CC(C=CC1=C(C)CCCC1(C)C)=CC=CC(C)=CC(=O)N[C@@H](CO)C(=O)N1CCc2ccccc2C1. The fourth-order valence-electron chi connectivity index (χ4n) is 5.19. The number of aliphatic hydroxyl groups is 1. The van der Waals surface area contributed by atoms with Crippen LogP contribution in [0.1, 0.15) is 65.0 Å². The number of hydrogen-bond donors (Lipinski definition) is 2. The Morgan fingerprint density at radius 1 is 1.11 bits per heavy atom. The number of hydrogen-bond acceptors (Lipinski definition) is 3. The van der Waals surface area contributed by atoms with Gasteiger partial charge in [0.15, 0.2) is 0 Å². The van der Waals surface area contributed by atoms with Crippen LogP contribution in [0.15, 0.2) is 83.0 Å². The minimum Gasteiger partial charge on any atom is -0.394 e.